The number of alkyl carbamates (subject to hydrolysis) is 1. The van der Waals surface area contributed by atoms with E-state index in [9.17, 15) is 4.79 Å². The first-order valence-corrected chi connectivity index (χ1v) is 5.67. The molecular weight excluding hydrogens is 216 g/mol. The molecule has 0 aliphatic heterocycles. The molecule has 1 amide bonds. The lowest BCUT2D eigenvalue weighted by molar-refractivity contribution is 0.129. The fourth-order valence-corrected chi connectivity index (χ4v) is 1.52. The van der Waals surface area contributed by atoms with Crippen molar-refractivity contribution in [1.29, 1.82) is 0 Å². The molecule has 0 atom stereocenters. The van der Waals surface area contributed by atoms with Crippen molar-refractivity contribution in [1.82, 2.24) is 10.6 Å². The van der Waals surface area contributed by atoms with Crippen molar-refractivity contribution in [2.75, 3.05) is 13.6 Å². The highest BCUT2D eigenvalue weighted by Crippen LogP contribution is 2.03. The molecule has 1 aromatic rings. The van der Waals surface area contributed by atoms with Crippen LogP contribution in [-0.2, 0) is 11.3 Å². The van der Waals surface area contributed by atoms with E-state index < -0.39 is 6.09 Å². The van der Waals surface area contributed by atoms with Gasteiger partial charge in [0.05, 0.1) is 5.54 Å². The number of carbonyl (C=O) groups is 1. The van der Waals surface area contributed by atoms with Crippen molar-refractivity contribution < 1.29 is 9.53 Å². The number of nitrogens with one attached hydrogen (secondary N) is 2. The first kappa shape index (κ1) is 13.5. The summed E-state index contributed by atoms with van der Waals surface area (Å²) in [6, 6.07) is 9.61. The lowest BCUT2D eigenvalue weighted by atomic mass is 10.1. The normalized spacial score (nSPS) is 11.0. The first-order valence-electron chi connectivity index (χ1n) is 5.67. The number of ether oxygens (including phenoxy) is 1. The Morgan fingerprint density at radius 1 is 1.29 bits per heavy atom. The van der Waals surface area contributed by atoms with Gasteiger partial charge in [0.15, 0.2) is 0 Å². The molecule has 0 heterocycles. The van der Waals surface area contributed by atoms with E-state index in [0.29, 0.717) is 13.2 Å². The van der Waals surface area contributed by atoms with Gasteiger partial charge in [0, 0.05) is 6.54 Å². The minimum absolute atomic E-state index is 0.294. The largest absolute Gasteiger partial charge is 0.445 e. The van der Waals surface area contributed by atoms with E-state index in [0.717, 1.165) is 5.56 Å². The van der Waals surface area contributed by atoms with Gasteiger partial charge in [-0.1, -0.05) is 30.3 Å². The van der Waals surface area contributed by atoms with Crippen molar-refractivity contribution in [3.63, 3.8) is 0 Å². The van der Waals surface area contributed by atoms with Crippen LogP contribution in [0, 0.1) is 0 Å². The Balaban J connectivity index is 2.35. The Labute approximate surface area is 102 Å². The van der Waals surface area contributed by atoms with Gasteiger partial charge in [-0.15, -0.1) is 0 Å². The molecule has 0 aliphatic rings. The number of benzene rings is 1. The van der Waals surface area contributed by atoms with Gasteiger partial charge in [-0.2, -0.15) is 0 Å². The molecule has 0 saturated carbocycles. The molecule has 0 saturated heterocycles. The number of rotatable bonds is 5. The van der Waals surface area contributed by atoms with E-state index in [4.69, 9.17) is 4.74 Å². The lowest BCUT2D eigenvalue weighted by Crippen LogP contribution is -2.49. The standard InChI is InChI=1S/C13H20N2O2/c1-13(2,10-14-3)15-12(16)17-9-11-7-5-4-6-8-11/h4-8,14H,9-10H2,1-3H3,(H,15,16). The van der Waals surface area contributed by atoms with Gasteiger partial charge in [0.1, 0.15) is 6.61 Å². The third-order valence-electron chi connectivity index (χ3n) is 2.27. The Morgan fingerprint density at radius 3 is 2.53 bits per heavy atom. The van der Waals surface area contributed by atoms with Gasteiger partial charge in [0.25, 0.3) is 0 Å². The van der Waals surface area contributed by atoms with Crippen LogP contribution in [0.2, 0.25) is 0 Å². The predicted octanol–water partition coefficient (Wildman–Crippen LogP) is 1.91. The Bertz CT molecular complexity index is 350. The van der Waals surface area contributed by atoms with Crippen molar-refractivity contribution in [3.8, 4) is 0 Å². The van der Waals surface area contributed by atoms with Crippen molar-refractivity contribution in [3.05, 3.63) is 35.9 Å². The molecule has 0 spiro atoms. The van der Waals surface area contributed by atoms with Gasteiger partial charge in [0.2, 0.25) is 0 Å². The van der Waals surface area contributed by atoms with Crippen LogP contribution in [-0.4, -0.2) is 25.2 Å². The van der Waals surface area contributed by atoms with Crippen molar-refractivity contribution in [2.45, 2.75) is 26.0 Å². The third-order valence-corrected chi connectivity index (χ3v) is 2.27. The molecule has 0 unspecified atom stereocenters. The maximum absolute atomic E-state index is 11.5. The number of hydrogen-bond donors (Lipinski definition) is 2. The SMILES string of the molecule is CNCC(C)(C)NC(=O)OCc1ccccc1. The van der Waals surface area contributed by atoms with E-state index >= 15 is 0 Å². The van der Waals surface area contributed by atoms with Crippen LogP contribution in [0.15, 0.2) is 30.3 Å². The van der Waals surface area contributed by atoms with Gasteiger partial charge in [-0.25, -0.2) is 4.79 Å². The Morgan fingerprint density at radius 2 is 1.94 bits per heavy atom. The molecule has 0 aromatic heterocycles. The second kappa shape index (κ2) is 6.25. The summed E-state index contributed by atoms with van der Waals surface area (Å²) in [6.07, 6.45) is -0.394. The molecule has 17 heavy (non-hydrogen) atoms. The second-order valence-electron chi connectivity index (χ2n) is 4.60. The molecule has 0 fully saturated rings. The van der Waals surface area contributed by atoms with Gasteiger partial charge in [-0.3, -0.25) is 0 Å². The second-order valence-corrected chi connectivity index (χ2v) is 4.60. The van der Waals surface area contributed by atoms with Crippen LogP contribution in [0.3, 0.4) is 0 Å². The summed E-state index contributed by atoms with van der Waals surface area (Å²) in [7, 11) is 1.85. The van der Waals surface area contributed by atoms with E-state index in [1.807, 2.05) is 51.2 Å². The molecule has 94 valence electrons. The summed E-state index contributed by atoms with van der Waals surface area (Å²) >= 11 is 0. The van der Waals surface area contributed by atoms with Crippen LogP contribution in [0.5, 0.6) is 0 Å². The summed E-state index contributed by atoms with van der Waals surface area (Å²) < 4.78 is 5.13. The zero-order valence-electron chi connectivity index (χ0n) is 10.6. The molecule has 0 aliphatic carbocycles. The molecule has 4 nitrogen and oxygen atoms in total. The Kier molecular flexibility index (Phi) is 4.97. The highest BCUT2D eigenvalue weighted by molar-refractivity contribution is 5.68. The zero-order valence-corrected chi connectivity index (χ0v) is 10.6. The van der Waals surface area contributed by atoms with Crippen LogP contribution in [0.1, 0.15) is 19.4 Å². The smallest absolute Gasteiger partial charge is 0.407 e. The van der Waals surface area contributed by atoms with E-state index in [1.54, 1.807) is 0 Å². The maximum atomic E-state index is 11.5. The van der Waals surface area contributed by atoms with Crippen molar-refractivity contribution >= 4 is 6.09 Å². The first-order chi connectivity index (χ1) is 8.03. The van der Waals surface area contributed by atoms with Crippen LogP contribution in [0.4, 0.5) is 4.79 Å². The molecule has 1 aromatic carbocycles. The van der Waals surface area contributed by atoms with Crippen LogP contribution >= 0.6 is 0 Å². The number of likely N-dealkylation sites (N-methyl/N-ethyl adjacent to an activating group) is 1. The average Bonchev–Trinajstić information content (AvgIpc) is 2.27. The monoisotopic (exact) mass is 236 g/mol. The fraction of sp³-hybridized carbons (Fsp3) is 0.462. The summed E-state index contributed by atoms with van der Waals surface area (Å²) in [5.74, 6) is 0. The van der Waals surface area contributed by atoms with E-state index in [2.05, 4.69) is 10.6 Å². The molecule has 0 radical (unpaired) electrons. The third kappa shape index (κ3) is 5.36. The predicted molar refractivity (Wildman–Crippen MR) is 67.8 cm³/mol. The summed E-state index contributed by atoms with van der Waals surface area (Å²) in [5, 5.41) is 5.82. The van der Waals surface area contributed by atoms with E-state index in [-0.39, 0.29) is 5.54 Å². The Hall–Kier alpha value is -1.55. The zero-order chi connectivity index (χ0) is 12.7. The highest BCUT2D eigenvalue weighted by atomic mass is 16.5. The van der Waals surface area contributed by atoms with Gasteiger partial charge >= 0.3 is 6.09 Å². The minimum atomic E-state index is -0.394. The highest BCUT2D eigenvalue weighted by Gasteiger charge is 2.19. The van der Waals surface area contributed by atoms with E-state index in [1.165, 1.54) is 0 Å². The summed E-state index contributed by atoms with van der Waals surface area (Å²) in [6.45, 7) is 4.86. The maximum Gasteiger partial charge on any atom is 0.407 e. The summed E-state index contributed by atoms with van der Waals surface area (Å²) in [5.41, 5.74) is 0.664. The number of amides is 1. The molecule has 1 rings (SSSR count). The van der Waals surface area contributed by atoms with Gasteiger partial charge in [-0.05, 0) is 26.5 Å². The lowest BCUT2D eigenvalue weighted by Gasteiger charge is -2.25. The number of hydrogen-bond acceptors (Lipinski definition) is 3. The van der Waals surface area contributed by atoms with Crippen molar-refractivity contribution in [2.24, 2.45) is 0 Å². The summed E-state index contributed by atoms with van der Waals surface area (Å²) in [4.78, 5) is 11.5. The number of carbonyl (C=O) groups excluding carboxylic acids is 1. The average molecular weight is 236 g/mol. The minimum Gasteiger partial charge on any atom is -0.445 e. The van der Waals surface area contributed by atoms with Crippen LogP contribution in [0.25, 0.3) is 0 Å². The molecule has 2 N–H and O–H groups in total. The van der Waals surface area contributed by atoms with Crippen LogP contribution < -0.4 is 10.6 Å². The fourth-order valence-electron chi connectivity index (χ4n) is 1.52. The van der Waals surface area contributed by atoms with Gasteiger partial charge < -0.3 is 15.4 Å². The topological polar surface area (TPSA) is 50.4 Å². The molecular formula is C13H20N2O2. The molecule has 0 bridgehead atoms. The quantitative estimate of drug-likeness (QED) is 0.821. The molecule has 4 heteroatoms.